The Labute approximate surface area is 166 Å². The Hall–Kier alpha value is -2.82. The van der Waals surface area contributed by atoms with E-state index in [9.17, 15) is 9.59 Å². The molecule has 1 saturated heterocycles. The minimum Gasteiger partial charge on any atom is -0.496 e. The summed E-state index contributed by atoms with van der Waals surface area (Å²) >= 11 is 0. The van der Waals surface area contributed by atoms with E-state index in [0.29, 0.717) is 25.4 Å². The Bertz CT molecular complexity index is 847. The van der Waals surface area contributed by atoms with Gasteiger partial charge in [0.1, 0.15) is 5.75 Å². The number of carbonyl (C=O) groups excluding carboxylic acids is 2. The van der Waals surface area contributed by atoms with Crippen LogP contribution in [-0.4, -0.2) is 36.9 Å². The highest BCUT2D eigenvalue weighted by Gasteiger charge is 2.34. The van der Waals surface area contributed by atoms with E-state index in [1.54, 1.807) is 12.0 Å². The van der Waals surface area contributed by atoms with Crippen LogP contribution in [0.2, 0.25) is 0 Å². The zero-order chi connectivity index (χ0) is 20.1. The fraction of sp³-hybridized carbons (Fsp3) is 0.391. The number of anilines is 1. The summed E-state index contributed by atoms with van der Waals surface area (Å²) in [5.74, 6) is 0.784. The van der Waals surface area contributed by atoms with E-state index in [0.717, 1.165) is 22.6 Å². The molecular weight excluding hydrogens is 352 g/mol. The topological polar surface area (TPSA) is 58.6 Å². The number of nitrogens with one attached hydrogen (secondary N) is 1. The molecule has 5 nitrogen and oxygen atoms in total. The van der Waals surface area contributed by atoms with Gasteiger partial charge >= 0.3 is 0 Å². The number of hydrogen-bond acceptors (Lipinski definition) is 3. The van der Waals surface area contributed by atoms with Crippen molar-refractivity contribution in [2.45, 2.75) is 32.6 Å². The molecule has 5 heteroatoms. The molecule has 1 aliphatic heterocycles. The Morgan fingerprint density at radius 3 is 2.64 bits per heavy atom. The van der Waals surface area contributed by atoms with Gasteiger partial charge in [0.2, 0.25) is 11.8 Å². The zero-order valence-electron chi connectivity index (χ0n) is 16.8. The lowest BCUT2D eigenvalue weighted by molar-refractivity contribution is -0.128. The van der Waals surface area contributed by atoms with E-state index in [4.69, 9.17) is 4.74 Å². The molecule has 1 heterocycles. The predicted octanol–water partition coefficient (Wildman–Crippen LogP) is 3.85. The quantitative estimate of drug-likeness (QED) is 0.794. The van der Waals surface area contributed by atoms with Crippen LogP contribution in [0.25, 0.3) is 0 Å². The number of methoxy groups -OCH3 is 1. The molecule has 1 atom stereocenters. The molecule has 2 aromatic carbocycles. The van der Waals surface area contributed by atoms with Gasteiger partial charge in [-0.3, -0.25) is 9.59 Å². The van der Waals surface area contributed by atoms with Crippen LogP contribution in [0.15, 0.2) is 48.5 Å². The second kappa shape index (κ2) is 8.91. The van der Waals surface area contributed by atoms with Crippen LogP contribution in [0.3, 0.4) is 0 Å². The standard InChI is InChI=1S/C23H28N2O3/c1-16(2)19-9-5-6-10-20(19)24-23(27)18-14-22(26)25(15-18)13-12-17-8-4-7-11-21(17)28-3/h4-11,16,18H,12-15H2,1-3H3,(H,24,27). The molecule has 0 saturated carbocycles. The maximum Gasteiger partial charge on any atom is 0.229 e. The van der Waals surface area contributed by atoms with Gasteiger partial charge < -0.3 is 15.0 Å². The first-order valence-electron chi connectivity index (χ1n) is 9.79. The maximum absolute atomic E-state index is 12.7. The van der Waals surface area contributed by atoms with Crippen LogP contribution in [0.5, 0.6) is 5.75 Å². The largest absolute Gasteiger partial charge is 0.496 e. The number of ether oxygens (including phenoxy) is 1. The predicted molar refractivity (Wildman–Crippen MR) is 111 cm³/mol. The van der Waals surface area contributed by atoms with Crippen molar-refractivity contribution in [3.63, 3.8) is 0 Å². The molecule has 1 fully saturated rings. The molecule has 0 radical (unpaired) electrons. The zero-order valence-corrected chi connectivity index (χ0v) is 16.8. The average Bonchev–Trinajstić information content (AvgIpc) is 3.07. The molecule has 1 N–H and O–H groups in total. The van der Waals surface area contributed by atoms with Crippen LogP contribution in [0.4, 0.5) is 5.69 Å². The van der Waals surface area contributed by atoms with Gasteiger partial charge in [-0.05, 0) is 35.6 Å². The van der Waals surface area contributed by atoms with Crippen LogP contribution in [0, 0.1) is 5.92 Å². The third-order valence-electron chi connectivity index (χ3n) is 5.27. The van der Waals surface area contributed by atoms with Gasteiger partial charge in [-0.25, -0.2) is 0 Å². The highest BCUT2D eigenvalue weighted by molar-refractivity contribution is 5.97. The molecule has 0 bridgehead atoms. The van der Waals surface area contributed by atoms with E-state index in [2.05, 4.69) is 19.2 Å². The van der Waals surface area contributed by atoms with Crippen molar-refractivity contribution in [1.29, 1.82) is 0 Å². The van der Waals surface area contributed by atoms with Crippen molar-refractivity contribution in [1.82, 2.24) is 4.90 Å². The number of nitrogens with zero attached hydrogens (tertiary/aromatic N) is 1. The van der Waals surface area contributed by atoms with Crippen molar-refractivity contribution >= 4 is 17.5 Å². The van der Waals surface area contributed by atoms with Gasteiger partial charge in [-0.2, -0.15) is 0 Å². The Morgan fingerprint density at radius 2 is 1.89 bits per heavy atom. The lowest BCUT2D eigenvalue weighted by Crippen LogP contribution is -2.30. The number of likely N-dealkylation sites (tertiary alicyclic amines) is 1. The highest BCUT2D eigenvalue weighted by Crippen LogP contribution is 2.26. The summed E-state index contributed by atoms with van der Waals surface area (Å²) < 4.78 is 5.38. The van der Waals surface area contributed by atoms with Crippen molar-refractivity contribution in [2.24, 2.45) is 5.92 Å². The first kappa shape index (κ1) is 19.9. The van der Waals surface area contributed by atoms with Crippen molar-refractivity contribution < 1.29 is 14.3 Å². The third-order valence-corrected chi connectivity index (χ3v) is 5.27. The molecule has 0 aliphatic carbocycles. The summed E-state index contributed by atoms with van der Waals surface area (Å²) in [6.45, 7) is 5.25. The third kappa shape index (κ3) is 4.53. The van der Waals surface area contributed by atoms with E-state index < -0.39 is 0 Å². The van der Waals surface area contributed by atoms with Gasteiger partial charge in [0, 0.05) is 25.2 Å². The van der Waals surface area contributed by atoms with Gasteiger partial charge in [-0.15, -0.1) is 0 Å². The van der Waals surface area contributed by atoms with Gasteiger partial charge in [0.15, 0.2) is 0 Å². The molecule has 1 aliphatic rings. The first-order chi connectivity index (χ1) is 13.5. The first-order valence-corrected chi connectivity index (χ1v) is 9.79. The number of rotatable bonds is 7. The Kier molecular flexibility index (Phi) is 6.34. The van der Waals surface area contributed by atoms with Gasteiger partial charge in [0.05, 0.1) is 13.0 Å². The van der Waals surface area contributed by atoms with Crippen LogP contribution in [-0.2, 0) is 16.0 Å². The normalized spacial score (nSPS) is 16.5. The lowest BCUT2D eigenvalue weighted by atomic mass is 10.0. The maximum atomic E-state index is 12.7. The van der Waals surface area contributed by atoms with Gasteiger partial charge in [-0.1, -0.05) is 50.2 Å². The number of carbonyl (C=O) groups is 2. The molecule has 2 amide bonds. The lowest BCUT2D eigenvalue weighted by Gasteiger charge is -2.18. The fourth-order valence-corrected chi connectivity index (χ4v) is 3.68. The van der Waals surface area contributed by atoms with Crippen molar-refractivity contribution in [2.75, 3.05) is 25.5 Å². The SMILES string of the molecule is COc1ccccc1CCN1CC(C(=O)Nc2ccccc2C(C)C)CC1=O. The van der Waals surface area contributed by atoms with Gasteiger partial charge in [0.25, 0.3) is 0 Å². The van der Waals surface area contributed by atoms with Crippen LogP contribution < -0.4 is 10.1 Å². The van der Waals surface area contributed by atoms with Crippen LogP contribution in [0.1, 0.15) is 37.3 Å². The van der Waals surface area contributed by atoms with E-state index >= 15 is 0 Å². The molecule has 0 spiro atoms. The second-order valence-corrected chi connectivity index (χ2v) is 7.53. The highest BCUT2D eigenvalue weighted by atomic mass is 16.5. The fourth-order valence-electron chi connectivity index (χ4n) is 3.68. The molecule has 0 aromatic heterocycles. The number of hydrogen-bond donors (Lipinski definition) is 1. The minimum absolute atomic E-state index is 0.0344. The van der Waals surface area contributed by atoms with Crippen LogP contribution >= 0.6 is 0 Å². The molecule has 28 heavy (non-hydrogen) atoms. The minimum atomic E-state index is -0.314. The monoisotopic (exact) mass is 380 g/mol. The van der Waals surface area contributed by atoms with E-state index in [1.807, 2.05) is 48.5 Å². The average molecular weight is 380 g/mol. The summed E-state index contributed by atoms with van der Waals surface area (Å²) in [7, 11) is 1.65. The summed E-state index contributed by atoms with van der Waals surface area (Å²) in [6.07, 6.45) is 0.974. The molecule has 2 aromatic rings. The smallest absolute Gasteiger partial charge is 0.229 e. The number of para-hydroxylation sites is 2. The number of benzene rings is 2. The summed E-state index contributed by atoms with van der Waals surface area (Å²) in [6, 6.07) is 15.7. The van der Waals surface area contributed by atoms with Crippen molar-refractivity contribution in [3.05, 3.63) is 59.7 Å². The molecular formula is C23H28N2O3. The molecule has 3 rings (SSSR count). The summed E-state index contributed by atoms with van der Waals surface area (Å²) in [4.78, 5) is 26.9. The summed E-state index contributed by atoms with van der Waals surface area (Å²) in [5.41, 5.74) is 3.01. The summed E-state index contributed by atoms with van der Waals surface area (Å²) in [5, 5.41) is 3.03. The second-order valence-electron chi connectivity index (χ2n) is 7.53. The number of amides is 2. The van der Waals surface area contributed by atoms with Crippen molar-refractivity contribution in [3.8, 4) is 5.75 Å². The Balaban J connectivity index is 1.60. The van der Waals surface area contributed by atoms with E-state index in [1.165, 1.54) is 0 Å². The molecule has 148 valence electrons. The van der Waals surface area contributed by atoms with E-state index in [-0.39, 0.29) is 24.2 Å². The Morgan fingerprint density at radius 1 is 1.18 bits per heavy atom. The molecule has 1 unspecified atom stereocenters.